The molecule has 1 aromatic rings. The number of hydrogen-bond donors (Lipinski definition) is 2. The van der Waals surface area contributed by atoms with Crippen molar-refractivity contribution in [1.29, 1.82) is 0 Å². The molecule has 0 heterocycles. The molecule has 3 N–H and O–H groups in total. The maximum Gasteiger partial charge on any atom is 0.323 e. The normalized spacial score (nSPS) is 11.9. The summed E-state index contributed by atoms with van der Waals surface area (Å²) in [6, 6.07) is 6.50. The molecule has 18 heavy (non-hydrogen) atoms. The quantitative estimate of drug-likeness (QED) is 0.846. The lowest BCUT2D eigenvalue weighted by Crippen LogP contribution is -2.41. The zero-order chi connectivity index (χ0) is 13.7. The van der Waals surface area contributed by atoms with Crippen molar-refractivity contribution >= 4 is 29.2 Å². The van der Waals surface area contributed by atoms with Gasteiger partial charge in [0.1, 0.15) is 6.54 Å². The Morgan fingerprint density at radius 1 is 1.50 bits per heavy atom. The highest BCUT2D eigenvalue weighted by Gasteiger charge is 2.23. The molecule has 0 aliphatic carbocycles. The Labute approximate surface area is 110 Å². The second-order valence-corrected chi connectivity index (χ2v) is 4.37. The maximum absolute atomic E-state index is 12.1. The van der Waals surface area contributed by atoms with Crippen molar-refractivity contribution in [2.24, 2.45) is 11.7 Å². The smallest absolute Gasteiger partial charge is 0.323 e. The van der Waals surface area contributed by atoms with E-state index in [1.54, 1.807) is 31.2 Å². The Balaban J connectivity index is 3.05. The van der Waals surface area contributed by atoms with Gasteiger partial charge in [0.05, 0.1) is 0 Å². The minimum absolute atomic E-state index is 0.162. The fourth-order valence-corrected chi connectivity index (χ4v) is 1.63. The van der Waals surface area contributed by atoms with Gasteiger partial charge in [-0.3, -0.25) is 9.59 Å². The van der Waals surface area contributed by atoms with E-state index in [-0.39, 0.29) is 12.5 Å². The standard InChI is InChI=1S/C12H15ClN2O3/c1-8(6-14)12(18)15(7-11(16)17)10-4-2-3-9(13)5-10/h2-5,8H,6-7,14H2,1H3,(H,16,17). The van der Waals surface area contributed by atoms with Crippen molar-refractivity contribution in [1.82, 2.24) is 0 Å². The highest BCUT2D eigenvalue weighted by molar-refractivity contribution is 6.30. The number of carboxylic acids is 1. The number of anilines is 1. The maximum atomic E-state index is 12.1. The zero-order valence-electron chi connectivity index (χ0n) is 9.97. The van der Waals surface area contributed by atoms with E-state index in [0.29, 0.717) is 10.7 Å². The van der Waals surface area contributed by atoms with Crippen LogP contribution in [0.25, 0.3) is 0 Å². The lowest BCUT2D eigenvalue weighted by molar-refractivity contribution is -0.137. The third kappa shape index (κ3) is 3.72. The Bertz CT molecular complexity index is 451. The van der Waals surface area contributed by atoms with Crippen molar-refractivity contribution in [2.75, 3.05) is 18.0 Å². The van der Waals surface area contributed by atoms with Crippen LogP contribution in [0.3, 0.4) is 0 Å². The van der Waals surface area contributed by atoms with Crippen LogP contribution in [0, 0.1) is 5.92 Å². The van der Waals surface area contributed by atoms with Gasteiger partial charge in [0.25, 0.3) is 0 Å². The average molecular weight is 271 g/mol. The number of nitrogens with two attached hydrogens (primary N) is 1. The van der Waals surface area contributed by atoms with Gasteiger partial charge in [-0.05, 0) is 18.2 Å². The molecular weight excluding hydrogens is 256 g/mol. The van der Waals surface area contributed by atoms with Gasteiger partial charge in [0.2, 0.25) is 5.91 Å². The van der Waals surface area contributed by atoms with Crippen LogP contribution in [0.15, 0.2) is 24.3 Å². The van der Waals surface area contributed by atoms with Gasteiger partial charge in [-0.2, -0.15) is 0 Å². The largest absolute Gasteiger partial charge is 0.480 e. The minimum Gasteiger partial charge on any atom is -0.480 e. The molecule has 0 aliphatic rings. The SMILES string of the molecule is CC(CN)C(=O)N(CC(=O)O)c1cccc(Cl)c1. The van der Waals surface area contributed by atoms with E-state index in [1.807, 2.05) is 0 Å². The Morgan fingerprint density at radius 3 is 2.67 bits per heavy atom. The van der Waals surface area contributed by atoms with E-state index < -0.39 is 18.4 Å². The number of hydrogen-bond acceptors (Lipinski definition) is 3. The Morgan fingerprint density at radius 2 is 2.17 bits per heavy atom. The zero-order valence-corrected chi connectivity index (χ0v) is 10.7. The molecule has 1 aromatic carbocycles. The molecule has 1 unspecified atom stereocenters. The molecule has 1 rings (SSSR count). The summed E-state index contributed by atoms with van der Waals surface area (Å²) in [5.41, 5.74) is 5.88. The number of halogens is 1. The first-order valence-electron chi connectivity index (χ1n) is 5.44. The molecule has 0 fully saturated rings. The molecule has 98 valence electrons. The first-order valence-corrected chi connectivity index (χ1v) is 5.82. The number of benzene rings is 1. The number of carbonyl (C=O) groups is 2. The third-order valence-electron chi connectivity index (χ3n) is 2.45. The van der Waals surface area contributed by atoms with Crippen molar-refractivity contribution in [3.8, 4) is 0 Å². The topological polar surface area (TPSA) is 83.6 Å². The number of amides is 1. The van der Waals surface area contributed by atoms with Gasteiger partial charge < -0.3 is 15.7 Å². The van der Waals surface area contributed by atoms with Gasteiger partial charge in [-0.1, -0.05) is 24.6 Å². The Hall–Kier alpha value is -1.59. The van der Waals surface area contributed by atoms with Crippen molar-refractivity contribution in [3.63, 3.8) is 0 Å². The second kappa shape index (κ2) is 6.37. The molecule has 1 amide bonds. The lowest BCUT2D eigenvalue weighted by Gasteiger charge is -2.23. The van der Waals surface area contributed by atoms with Crippen LogP contribution in [0.4, 0.5) is 5.69 Å². The molecular formula is C12H15ClN2O3. The van der Waals surface area contributed by atoms with Gasteiger partial charge in [0.15, 0.2) is 0 Å². The van der Waals surface area contributed by atoms with Crippen LogP contribution in [0.5, 0.6) is 0 Å². The first kappa shape index (κ1) is 14.5. The summed E-state index contributed by atoms with van der Waals surface area (Å²) in [5.74, 6) is -1.86. The number of aliphatic carboxylic acids is 1. The lowest BCUT2D eigenvalue weighted by atomic mass is 10.1. The second-order valence-electron chi connectivity index (χ2n) is 3.93. The van der Waals surface area contributed by atoms with E-state index in [0.717, 1.165) is 0 Å². The van der Waals surface area contributed by atoms with Crippen LogP contribution in [0.1, 0.15) is 6.92 Å². The van der Waals surface area contributed by atoms with Gasteiger partial charge in [0, 0.05) is 23.2 Å². The van der Waals surface area contributed by atoms with E-state index >= 15 is 0 Å². The van der Waals surface area contributed by atoms with Gasteiger partial charge in [-0.25, -0.2) is 0 Å². The summed E-state index contributed by atoms with van der Waals surface area (Å²) in [6.07, 6.45) is 0. The van der Waals surface area contributed by atoms with Crippen molar-refractivity contribution in [2.45, 2.75) is 6.92 Å². The van der Waals surface area contributed by atoms with Crippen LogP contribution in [-0.2, 0) is 9.59 Å². The van der Waals surface area contributed by atoms with Crippen LogP contribution >= 0.6 is 11.6 Å². The molecule has 5 nitrogen and oxygen atoms in total. The predicted molar refractivity (Wildman–Crippen MR) is 69.7 cm³/mol. The Kier molecular flexibility index (Phi) is 5.12. The molecule has 0 aliphatic heterocycles. The molecule has 0 bridgehead atoms. The summed E-state index contributed by atoms with van der Waals surface area (Å²) in [5, 5.41) is 9.30. The van der Waals surface area contributed by atoms with E-state index in [2.05, 4.69) is 0 Å². The number of carboxylic acid groups (broad SMARTS) is 1. The predicted octanol–water partition coefficient (Wildman–Crippen LogP) is 1.35. The molecule has 0 radical (unpaired) electrons. The van der Waals surface area contributed by atoms with Crippen LogP contribution < -0.4 is 10.6 Å². The fraction of sp³-hybridized carbons (Fsp3) is 0.333. The summed E-state index contributed by atoms with van der Waals surface area (Å²) in [6.45, 7) is 1.40. The van der Waals surface area contributed by atoms with Crippen LogP contribution in [-0.4, -0.2) is 30.1 Å². The number of carbonyl (C=O) groups excluding carboxylic acids is 1. The number of nitrogens with zero attached hydrogens (tertiary/aromatic N) is 1. The first-order chi connectivity index (χ1) is 8.45. The van der Waals surface area contributed by atoms with E-state index in [1.165, 1.54) is 4.90 Å². The number of rotatable bonds is 5. The van der Waals surface area contributed by atoms with Crippen LogP contribution in [0.2, 0.25) is 5.02 Å². The average Bonchev–Trinajstić information content (AvgIpc) is 2.34. The highest BCUT2D eigenvalue weighted by Crippen LogP contribution is 2.21. The van der Waals surface area contributed by atoms with Gasteiger partial charge in [-0.15, -0.1) is 0 Å². The molecule has 0 spiro atoms. The van der Waals surface area contributed by atoms with Crippen molar-refractivity contribution in [3.05, 3.63) is 29.3 Å². The molecule has 0 saturated heterocycles. The summed E-state index contributed by atoms with van der Waals surface area (Å²) < 4.78 is 0. The summed E-state index contributed by atoms with van der Waals surface area (Å²) in [4.78, 5) is 24.1. The molecule has 0 saturated carbocycles. The third-order valence-corrected chi connectivity index (χ3v) is 2.69. The monoisotopic (exact) mass is 270 g/mol. The summed E-state index contributed by atoms with van der Waals surface area (Å²) in [7, 11) is 0. The molecule has 0 aromatic heterocycles. The minimum atomic E-state index is -1.09. The van der Waals surface area contributed by atoms with Crippen molar-refractivity contribution < 1.29 is 14.7 Å². The highest BCUT2D eigenvalue weighted by atomic mass is 35.5. The van der Waals surface area contributed by atoms with E-state index in [9.17, 15) is 9.59 Å². The summed E-state index contributed by atoms with van der Waals surface area (Å²) >= 11 is 5.83. The van der Waals surface area contributed by atoms with Gasteiger partial charge >= 0.3 is 5.97 Å². The fourth-order valence-electron chi connectivity index (χ4n) is 1.44. The molecule has 1 atom stereocenters. The molecule has 6 heteroatoms. The van der Waals surface area contributed by atoms with E-state index in [4.69, 9.17) is 22.4 Å².